The molecule has 1 aromatic rings. The number of amides is 1. The largest absolute Gasteiger partial charge is 0.481 e. The van der Waals surface area contributed by atoms with Crippen LogP contribution in [0, 0.1) is 11.3 Å². The lowest BCUT2D eigenvalue weighted by molar-refractivity contribution is -0.137. The molecule has 0 radical (unpaired) electrons. The van der Waals surface area contributed by atoms with Crippen LogP contribution in [-0.2, 0) is 9.59 Å². The van der Waals surface area contributed by atoms with Crippen LogP contribution < -0.4 is 10.2 Å². The van der Waals surface area contributed by atoms with Gasteiger partial charge in [0.15, 0.2) is 0 Å². The number of piperazine rings is 1. The maximum absolute atomic E-state index is 12.0. The summed E-state index contributed by atoms with van der Waals surface area (Å²) in [7, 11) is 0. The van der Waals surface area contributed by atoms with E-state index in [0.29, 0.717) is 24.5 Å². The molecule has 0 unspecified atom stereocenters. The molecule has 0 aliphatic carbocycles. The third-order valence-electron chi connectivity index (χ3n) is 4.02. The van der Waals surface area contributed by atoms with E-state index in [1.807, 2.05) is 35.2 Å². The van der Waals surface area contributed by atoms with Gasteiger partial charge in [0.2, 0.25) is 0 Å². The number of aliphatic carboxylic acids is 1. The molecule has 0 spiro atoms. The molecule has 1 fully saturated rings. The molecule has 0 atom stereocenters. The number of hydrogen-bond donors (Lipinski definition) is 2. The zero-order valence-electron chi connectivity index (χ0n) is 14.3. The Hall–Kier alpha value is -2.72. The van der Waals surface area contributed by atoms with E-state index >= 15 is 0 Å². The van der Waals surface area contributed by atoms with Gasteiger partial charge in [0.1, 0.15) is 11.6 Å². The standard InChI is InChI=1S/C18H21ClN4O3/c19-15-3-1-4-16(11-15)23-9-7-22(8-10-23)13-14(12-20)18(26)21-6-2-5-17(24)25/h1,3-4,11,13H,2,5-10H2,(H,21,26)(H,24,25)/b14-13-. The summed E-state index contributed by atoms with van der Waals surface area (Å²) in [6.45, 7) is 3.12. The first-order valence-corrected chi connectivity index (χ1v) is 8.74. The zero-order valence-corrected chi connectivity index (χ0v) is 15.1. The highest BCUT2D eigenvalue weighted by atomic mass is 35.5. The molecular formula is C18H21ClN4O3. The van der Waals surface area contributed by atoms with Gasteiger partial charge in [-0.2, -0.15) is 5.26 Å². The molecule has 1 aliphatic heterocycles. The smallest absolute Gasteiger partial charge is 0.303 e. The molecule has 0 bridgehead atoms. The lowest BCUT2D eigenvalue weighted by atomic mass is 10.2. The quantitative estimate of drug-likeness (QED) is 0.428. The first-order valence-electron chi connectivity index (χ1n) is 8.36. The van der Waals surface area contributed by atoms with Crippen LogP contribution in [0.3, 0.4) is 0 Å². The molecule has 1 aliphatic rings. The second-order valence-corrected chi connectivity index (χ2v) is 6.35. The minimum atomic E-state index is -0.909. The fourth-order valence-corrected chi connectivity index (χ4v) is 2.82. The van der Waals surface area contributed by atoms with E-state index in [0.717, 1.165) is 18.8 Å². The minimum absolute atomic E-state index is 0.0165. The maximum atomic E-state index is 12.0. The number of hydrogen-bond acceptors (Lipinski definition) is 5. The van der Waals surface area contributed by atoms with Gasteiger partial charge in [-0.1, -0.05) is 17.7 Å². The predicted molar refractivity (Wildman–Crippen MR) is 98.8 cm³/mol. The topological polar surface area (TPSA) is 96.7 Å². The number of benzene rings is 1. The van der Waals surface area contributed by atoms with Crippen LogP contribution in [0.4, 0.5) is 5.69 Å². The van der Waals surface area contributed by atoms with Crippen LogP contribution in [0.15, 0.2) is 36.0 Å². The van der Waals surface area contributed by atoms with Gasteiger partial charge in [-0.25, -0.2) is 0 Å². The molecule has 8 heteroatoms. The third kappa shape index (κ3) is 5.97. The first-order chi connectivity index (χ1) is 12.5. The Morgan fingerprint density at radius 2 is 2.04 bits per heavy atom. The summed E-state index contributed by atoms with van der Waals surface area (Å²) in [5.74, 6) is -1.39. The molecular weight excluding hydrogens is 356 g/mol. The number of carboxylic acids is 1. The van der Waals surface area contributed by atoms with Gasteiger partial charge in [-0.15, -0.1) is 0 Å². The average Bonchev–Trinajstić information content (AvgIpc) is 2.63. The zero-order chi connectivity index (χ0) is 18.9. The van der Waals surface area contributed by atoms with E-state index < -0.39 is 11.9 Å². The third-order valence-corrected chi connectivity index (χ3v) is 4.25. The van der Waals surface area contributed by atoms with E-state index in [9.17, 15) is 14.9 Å². The number of carbonyl (C=O) groups excluding carboxylic acids is 1. The predicted octanol–water partition coefficient (Wildman–Crippen LogP) is 1.85. The molecule has 7 nitrogen and oxygen atoms in total. The molecule has 2 N–H and O–H groups in total. The van der Waals surface area contributed by atoms with E-state index in [-0.39, 0.29) is 18.5 Å². The normalized spacial score (nSPS) is 14.7. The molecule has 0 aromatic heterocycles. The number of anilines is 1. The molecule has 138 valence electrons. The highest BCUT2D eigenvalue weighted by Gasteiger charge is 2.17. The highest BCUT2D eigenvalue weighted by Crippen LogP contribution is 2.21. The molecule has 1 amide bonds. The van der Waals surface area contributed by atoms with Crippen molar-refractivity contribution in [2.45, 2.75) is 12.8 Å². The number of rotatable bonds is 7. The van der Waals surface area contributed by atoms with Crippen LogP contribution >= 0.6 is 11.6 Å². The van der Waals surface area contributed by atoms with Crippen molar-refractivity contribution in [1.29, 1.82) is 5.26 Å². The van der Waals surface area contributed by atoms with E-state index in [4.69, 9.17) is 16.7 Å². The van der Waals surface area contributed by atoms with Crippen molar-refractivity contribution in [2.24, 2.45) is 0 Å². The lowest BCUT2D eigenvalue weighted by Gasteiger charge is -2.35. The number of nitriles is 1. The van der Waals surface area contributed by atoms with Crippen molar-refractivity contribution in [3.05, 3.63) is 41.1 Å². The Morgan fingerprint density at radius 1 is 1.31 bits per heavy atom. The van der Waals surface area contributed by atoms with Gasteiger partial charge in [0, 0.05) is 56.1 Å². The van der Waals surface area contributed by atoms with E-state index in [2.05, 4.69) is 10.2 Å². The molecule has 1 saturated heterocycles. The van der Waals surface area contributed by atoms with E-state index in [1.165, 1.54) is 0 Å². The van der Waals surface area contributed by atoms with E-state index in [1.54, 1.807) is 6.20 Å². The van der Waals surface area contributed by atoms with Crippen LogP contribution in [-0.4, -0.2) is 54.6 Å². The van der Waals surface area contributed by atoms with Gasteiger partial charge >= 0.3 is 5.97 Å². The lowest BCUT2D eigenvalue weighted by Crippen LogP contribution is -2.44. The Bertz CT molecular complexity index is 721. The summed E-state index contributed by atoms with van der Waals surface area (Å²) in [6.07, 6.45) is 1.89. The van der Waals surface area contributed by atoms with Crippen molar-refractivity contribution in [1.82, 2.24) is 10.2 Å². The van der Waals surface area contributed by atoms with Crippen LogP contribution in [0.1, 0.15) is 12.8 Å². The van der Waals surface area contributed by atoms with Crippen molar-refractivity contribution < 1.29 is 14.7 Å². The Kier molecular flexibility index (Phi) is 7.30. The van der Waals surface area contributed by atoms with Gasteiger partial charge in [0.05, 0.1) is 0 Å². The van der Waals surface area contributed by atoms with Crippen molar-refractivity contribution in [3.63, 3.8) is 0 Å². The Balaban J connectivity index is 1.85. The van der Waals surface area contributed by atoms with Crippen molar-refractivity contribution >= 4 is 29.2 Å². The van der Waals surface area contributed by atoms with Crippen molar-refractivity contribution in [3.8, 4) is 6.07 Å². The summed E-state index contributed by atoms with van der Waals surface area (Å²) >= 11 is 6.03. The van der Waals surface area contributed by atoms with Crippen LogP contribution in [0.25, 0.3) is 0 Å². The first kappa shape index (κ1) is 19.6. The number of carboxylic acid groups (broad SMARTS) is 1. The summed E-state index contributed by atoms with van der Waals surface area (Å²) in [5, 5.41) is 21.0. The number of nitrogens with one attached hydrogen (secondary N) is 1. The maximum Gasteiger partial charge on any atom is 0.303 e. The number of nitrogens with zero attached hydrogens (tertiary/aromatic N) is 3. The van der Waals surface area contributed by atoms with Gasteiger partial charge in [-0.3, -0.25) is 9.59 Å². The fraction of sp³-hybridized carbons (Fsp3) is 0.389. The summed E-state index contributed by atoms with van der Waals surface area (Å²) < 4.78 is 0. The highest BCUT2D eigenvalue weighted by molar-refractivity contribution is 6.30. The van der Waals surface area contributed by atoms with Crippen molar-refractivity contribution in [2.75, 3.05) is 37.6 Å². The minimum Gasteiger partial charge on any atom is -0.481 e. The second kappa shape index (κ2) is 9.68. The molecule has 1 heterocycles. The molecule has 2 rings (SSSR count). The molecule has 26 heavy (non-hydrogen) atoms. The van der Waals surface area contributed by atoms with Crippen LogP contribution in [0.5, 0.6) is 0 Å². The van der Waals surface area contributed by atoms with Gasteiger partial charge in [0.25, 0.3) is 5.91 Å². The van der Waals surface area contributed by atoms with Gasteiger partial charge < -0.3 is 20.2 Å². The second-order valence-electron chi connectivity index (χ2n) is 5.91. The molecule has 1 aromatic carbocycles. The average molecular weight is 377 g/mol. The fourth-order valence-electron chi connectivity index (χ4n) is 2.64. The molecule has 0 saturated carbocycles. The Labute approximate surface area is 157 Å². The summed E-state index contributed by atoms with van der Waals surface area (Å²) in [6, 6.07) is 9.57. The monoisotopic (exact) mass is 376 g/mol. The number of halogens is 1. The van der Waals surface area contributed by atoms with Gasteiger partial charge in [-0.05, 0) is 24.6 Å². The Morgan fingerprint density at radius 3 is 2.65 bits per heavy atom. The van der Waals surface area contributed by atoms with Crippen LogP contribution in [0.2, 0.25) is 5.02 Å². The SMILES string of the molecule is N#C/C(=C/N1CCN(c2cccc(Cl)c2)CC1)C(=O)NCCCC(=O)O. The number of carbonyl (C=O) groups is 2. The summed E-state index contributed by atoms with van der Waals surface area (Å²) in [5.41, 5.74) is 1.08. The summed E-state index contributed by atoms with van der Waals surface area (Å²) in [4.78, 5) is 26.6.